The number of hydrogen-bond acceptors (Lipinski definition) is 5. The first-order valence-corrected chi connectivity index (χ1v) is 6.33. The lowest BCUT2D eigenvalue weighted by atomic mass is 10.3. The first-order valence-electron chi connectivity index (χ1n) is 5.92. The molecule has 1 amide bonds. The summed E-state index contributed by atoms with van der Waals surface area (Å²) >= 11 is 4.93. The lowest BCUT2D eigenvalue weighted by Gasteiger charge is -2.07. The molecule has 21 heavy (non-hydrogen) atoms. The third kappa shape index (κ3) is 4.11. The fourth-order valence-corrected chi connectivity index (χ4v) is 1.67. The van der Waals surface area contributed by atoms with Gasteiger partial charge in [-0.05, 0) is 18.2 Å². The molecule has 0 aliphatic rings. The molecule has 0 saturated heterocycles. The Morgan fingerprint density at radius 1 is 1.33 bits per heavy atom. The molecule has 0 spiro atoms. The van der Waals surface area contributed by atoms with Crippen LogP contribution in [0.15, 0.2) is 47.1 Å². The van der Waals surface area contributed by atoms with Crippen molar-refractivity contribution in [1.82, 2.24) is 5.32 Å². The molecule has 0 aliphatic carbocycles. The molecule has 0 aliphatic heterocycles. The summed E-state index contributed by atoms with van der Waals surface area (Å²) in [6, 6.07) is 9.08. The molecule has 2 aromatic rings. The Balaban J connectivity index is 1.92. The van der Waals surface area contributed by atoms with Crippen molar-refractivity contribution < 1.29 is 14.1 Å². The van der Waals surface area contributed by atoms with Crippen molar-refractivity contribution in [3.63, 3.8) is 0 Å². The molecule has 0 atom stereocenters. The molecule has 1 aromatic carbocycles. The van der Waals surface area contributed by atoms with E-state index in [4.69, 9.17) is 16.6 Å². The molecule has 2 rings (SSSR count). The Morgan fingerprint density at radius 3 is 2.81 bits per heavy atom. The minimum atomic E-state index is -0.544. The minimum absolute atomic E-state index is 0.0297. The van der Waals surface area contributed by atoms with Crippen LogP contribution in [-0.4, -0.2) is 15.8 Å². The number of nitro benzene ring substituents is 1. The zero-order chi connectivity index (χ0) is 15.2. The second kappa shape index (κ2) is 6.62. The van der Waals surface area contributed by atoms with Gasteiger partial charge in [0.1, 0.15) is 5.76 Å². The summed E-state index contributed by atoms with van der Waals surface area (Å²) in [5.41, 5.74) is 0.193. The quantitative estimate of drug-likeness (QED) is 0.511. The fourth-order valence-electron chi connectivity index (χ4n) is 1.55. The minimum Gasteiger partial charge on any atom is -0.467 e. The molecule has 2 N–H and O–H groups in total. The summed E-state index contributed by atoms with van der Waals surface area (Å²) < 4.78 is 5.10. The highest BCUT2D eigenvalue weighted by molar-refractivity contribution is 7.82. The monoisotopic (exact) mass is 305 g/mol. The van der Waals surface area contributed by atoms with Gasteiger partial charge in [0, 0.05) is 17.8 Å². The highest BCUT2D eigenvalue weighted by Gasteiger charge is 2.12. The van der Waals surface area contributed by atoms with Gasteiger partial charge in [-0.15, -0.1) is 0 Å². The zero-order valence-electron chi connectivity index (χ0n) is 10.7. The number of thiocarbonyl (C=S) groups is 1. The van der Waals surface area contributed by atoms with Crippen molar-refractivity contribution >= 4 is 34.5 Å². The van der Waals surface area contributed by atoms with E-state index in [-0.39, 0.29) is 17.2 Å². The van der Waals surface area contributed by atoms with Crippen LogP contribution in [0.1, 0.15) is 5.76 Å². The lowest BCUT2D eigenvalue weighted by molar-refractivity contribution is -0.384. The van der Waals surface area contributed by atoms with Crippen molar-refractivity contribution in [3.05, 3.63) is 58.5 Å². The molecular formula is C13H11N3O4S. The number of nitrogens with one attached hydrogen (secondary N) is 2. The van der Waals surface area contributed by atoms with E-state index in [0.29, 0.717) is 11.4 Å². The van der Waals surface area contributed by atoms with Crippen LogP contribution in [0.25, 0.3) is 0 Å². The maximum absolute atomic E-state index is 11.8. The summed E-state index contributed by atoms with van der Waals surface area (Å²) in [5.74, 6) is 0.0950. The van der Waals surface area contributed by atoms with Gasteiger partial charge in [0.2, 0.25) is 0 Å². The number of carbonyl (C=O) groups excluding carboxylic acids is 1. The smallest absolute Gasteiger partial charge is 0.283 e. The molecule has 0 bridgehead atoms. The van der Waals surface area contributed by atoms with E-state index in [1.807, 2.05) is 0 Å². The molecule has 108 valence electrons. The largest absolute Gasteiger partial charge is 0.467 e. The van der Waals surface area contributed by atoms with Crippen LogP contribution >= 0.6 is 12.2 Å². The highest BCUT2D eigenvalue weighted by Crippen LogP contribution is 2.16. The van der Waals surface area contributed by atoms with Gasteiger partial charge >= 0.3 is 0 Å². The van der Waals surface area contributed by atoms with E-state index in [9.17, 15) is 14.9 Å². The number of rotatable bonds is 4. The van der Waals surface area contributed by atoms with Crippen LogP contribution < -0.4 is 10.6 Å². The number of furan rings is 1. The van der Waals surface area contributed by atoms with Crippen molar-refractivity contribution in [3.8, 4) is 0 Å². The normalized spacial score (nSPS) is 9.90. The maximum atomic E-state index is 11.8. The average molecular weight is 305 g/mol. The SMILES string of the molecule is O=C(Nc1cccc([N+](=O)[O-])c1)C(=S)NCc1ccco1. The maximum Gasteiger partial charge on any atom is 0.283 e. The second-order valence-electron chi connectivity index (χ2n) is 4.02. The predicted octanol–water partition coefficient (Wildman–Crippen LogP) is 2.24. The molecule has 0 unspecified atom stereocenters. The molecule has 8 heteroatoms. The van der Waals surface area contributed by atoms with E-state index in [2.05, 4.69) is 10.6 Å². The van der Waals surface area contributed by atoms with Gasteiger partial charge in [0.05, 0.1) is 17.7 Å². The average Bonchev–Trinajstić information content (AvgIpc) is 2.98. The lowest BCUT2D eigenvalue weighted by Crippen LogP contribution is -2.33. The standard InChI is InChI=1S/C13H11N3O4S/c17-12(13(21)14-8-11-5-2-6-20-11)15-9-3-1-4-10(7-9)16(18)19/h1-7H,8H2,(H,14,21)(H,15,17). The summed E-state index contributed by atoms with van der Waals surface area (Å²) in [7, 11) is 0. The Hall–Kier alpha value is -2.74. The molecule has 1 aromatic heterocycles. The van der Waals surface area contributed by atoms with E-state index < -0.39 is 10.8 Å². The summed E-state index contributed by atoms with van der Waals surface area (Å²) in [6.07, 6.45) is 1.52. The van der Waals surface area contributed by atoms with E-state index in [0.717, 1.165) is 0 Å². The number of benzene rings is 1. The molecule has 1 heterocycles. The van der Waals surface area contributed by atoms with Gasteiger partial charge in [-0.2, -0.15) is 0 Å². The van der Waals surface area contributed by atoms with E-state index >= 15 is 0 Å². The Labute approximate surface area is 125 Å². The second-order valence-corrected chi connectivity index (χ2v) is 4.43. The van der Waals surface area contributed by atoms with Crippen LogP contribution in [0.5, 0.6) is 0 Å². The van der Waals surface area contributed by atoms with Crippen molar-refractivity contribution in [2.45, 2.75) is 6.54 Å². The molecule has 7 nitrogen and oxygen atoms in total. The van der Waals surface area contributed by atoms with Crippen LogP contribution in [0, 0.1) is 10.1 Å². The summed E-state index contributed by atoms with van der Waals surface area (Å²) in [6.45, 7) is 0.286. The number of nitrogens with zero attached hydrogens (tertiary/aromatic N) is 1. The van der Waals surface area contributed by atoms with Crippen molar-refractivity contribution in [2.75, 3.05) is 5.32 Å². The van der Waals surface area contributed by atoms with Gasteiger partial charge in [0.25, 0.3) is 11.6 Å². The Morgan fingerprint density at radius 2 is 2.14 bits per heavy atom. The number of anilines is 1. The van der Waals surface area contributed by atoms with Gasteiger partial charge in [0.15, 0.2) is 4.99 Å². The van der Waals surface area contributed by atoms with Gasteiger partial charge < -0.3 is 15.1 Å². The Bertz CT molecular complexity index is 670. The van der Waals surface area contributed by atoms with Gasteiger partial charge in [-0.1, -0.05) is 18.3 Å². The van der Waals surface area contributed by atoms with Crippen molar-refractivity contribution in [1.29, 1.82) is 0 Å². The molecular weight excluding hydrogens is 294 g/mol. The van der Waals surface area contributed by atoms with Crippen LogP contribution in [0.4, 0.5) is 11.4 Å². The number of carbonyl (C=O) groups is 1. The predicted molar refractivity (Wildman–Crippen MR) is 79.9 cm³/mol. The number of nitro groups is 1. The third-order valence-electron chi connectivity index (χ3n) is 2.52. The molecule has 0 radical (unpaired) electrons. The van der Waals surface area contributed by atoms with Gasteiger partial charge in [-0.3, -0.25) is 14.9 Å². The first-order chi connectivity index (χ1) is 10.1. The molecule has 0 fully saturated rings. The van der Waals surface area contributed by atoms with Gasteiger partial charge in [-0.25, -0.2) is 0 Å². The highest BCUT2D eigenvalue weighted by atomic mass is 32.1. The van der Waals surface area contributed by atoms with Crippen LogP contribution in [0.3, 0.4) is 0 Å². The van der Waals surface area contributed by atoms with E-state index in [1.54, 1.807) is 18.2 Å². The number of hydrogen-bond donors (Lipinski definition) is 2. The first kappa shape index (κ1) is 14.7. The third-order valence-corrected chi connectivity index (χ3v) is 2.85. The van der Waals surface area contributed by atoms with Crippen LogP contribution in [0.2, 0.25) is 0 Å². The van der Waals surface area contributed by atoms with Crippen LogP contribution in [-0.2, 0) is 11.3 Å². The van der Waals surface area contributed by atoms with E-state index in [1.165, 1.54) is 24.5 Å². The summed E-state index contributed by atoms with van der Waals surface area (Å²) in [5, 5.41) is 15.9. The number of amides is 1. The molecule has 0 saturated carbocycles. The van der Waals surface area contributed by atoms with Crippen molar-refractivity contribution in [2.24, 2.45) is 0 Å². The topological polar surface area (TPSA) is 97.4 Å². The zero-order valence-corrected chi connectivity index (χ0v) is 11.6. The fraction of sp³-hybridized carbons (Fsp3) is 0.0769. The Kier molecular flexibility index (Phi) is 4.62. The number of non-ortho nitro benzene ring substituents is 1. The summed E-state index contributed by atoms with van der Waals surface area (Å²) in [4.78, 5) is 21.9.